The summed E-state index contributed by atoms with van der Waals surface area (Å²) in [5.74, 6) is -0.389. The van der Waals surface area contributed by atoms with Gasteiger partial charge in [-0.3, -0.25) is 4.79 Å². The van der Waals surface area contributed by atoms with Crippen LogP contribution in [0.3, 0.4) is 0 Å². The second kappa shape index (κ2) is 8.77. The van der Waals surface area contributed by atoms with Crippen molar-refractivity contribution in [2.45, 2.75) is 43.7 Å². The molecule has 1 atom stereocenters. The van der Waals surface area contributed by atoms with E-state index in [2.05, 4.69) is 0 Å². The summed E-state index contributed by atoms with van der Waals surface area (Å²) in [6.45, 7) is 4.33. The Labute approximate surface area is 192 Å². The van der Waals surface area contributed by atoms with Gasteiger partial charge < -0.3 is 14.4 Å². The van der Waals surface area contributed by atoms with Gasteiger partial charge >= 0.3 is 5.97 Å². The van der Waals surface area contributed by atoms with Crippen LogP contribution in [-0.2, 0) is 21.4 Å². The van der Waals surface area contributed by atoms with Crippen molar-refractivity contribution in [1.29, 1.82) is 0 Å². The maximum atomic E-state index is 13.2. The fourth-order valence-corrected chi connectivity index (χ4v) is 6.03. The lowest BCUT2D eigenvalue weighted by molar-refractivity contribution is -0.137. The molecule has 7 nitrogen and oxygen atoms in total. The van der Waals surface area contributed by atoms with Crippen molar-refractivity contribution in [3.8, 4) is 5.75 Å². The van der Waals surface area contributed by atoms with Gasteiger partial charge in [0.15, 0.2) is 0 Å². The lowest BCUT2D eigenvalue weighted by atomic mass is 9.98. The first-order valence-corrected chi connectivity index (χ1v) is 12.2. The molecule has 1 aliphatic heterocycles. The summed E-state index contributed by atoms with van der Waals surface area (Å²) in [5.41, 5.74) is 1.58. The summed E-state index contributed by atoms with van der Waals surface area (Å²) >= 11 is 6.36. The minimum absolute atomic E-state index is 0.00792. The zero-order chi connectivity index (χ0) is 23.0. The van der Waals surface area contributed by atoms with Crippen LogP contribution in [0.1, 0.15) is 31.7 Å². The van der Waals surface area contributed by atoms with E-state index in [-0.39, 0.29) is 23.5 Å². The molecule has 0 spiro atoms. The molecule has 0 aliphatic carbocycles. The summed E-state index contributed by atoms with van der Waals surface area (Å²) in [6, 6.07) is 11.9. The fourth-order valence-electron chi connectivity index (χ4n) is 4.25. The fraction of sp³-hybridized carbons (Fsp3) is 0.348. The van der Waals surface area contributed by atoms with E-state index in [9.17, 15) is 18.3 Å². The molecule has 2 heterocycles. The van der Waals surface area contributed by atoms with Gasteiger partial charge in [0.2, 0.25) is 10.0 Å². The number of aliphatic carboxylic acids is 1. The number of carbonyl (C=O) groups is 1. The molecule has 32 heavy (non-hydrogen) atoms. The molecule has 3 aromatic rings. The highest BCUT2D eigenvalue weighted by Crippen LogP contribution is 2.38. The van der Waals surface area contributed by atoms with Crippen LogP contribution >= 0.6 is 11.6 Å². The monoisotopic (exact) mass is 476 g/mol. The Hall–Kier alpha value is -2.55. The molecule has 1 saturated heterocycles. The Kier molecular flexibility index (Phi) is 6.20. The van der Waals surface area contributed by atoms with Crippen LogP contribution < -0.4 is 4.74 Å². The first kappa shape index (κ1) is 22.6. The maximum absolute atomic E-state index is 13.2. The number of hydrogen-bond acceptors (Lipinski definition) is 4. The number of para-hydroxylation sites is 1. The van der Waals surface area contributed by atoms with Crippen LogP contribution in [0.2, 0.25) is 5.02 Å². The largest absolute Gasteiger partial charge is 0.491 e. The first-order chi connectivity index (χ1) is 15.2. The molecule has 1 aromatic heterocycles. The second-order valence-electron chi connectivity index (χ2n) is 8.23. The zero-order valence-corrected chi connectivity index (χ0v) is 19.4. The topological polar surface area (TPSA) is 88.8 Å². The minimum atomic E-state index is -3.65. The van der Waals surface area contributed by atoms with Gasteiger partial charge in [0.25, 0.3) is 0 Å². The molecule has 1 N–H and O–H groups in total. The number of sulfonamides is 1. The summed E-state index contributed by atoms with van der Waals surface area (Å²) in [7, 11) is -3.65. The number of fused-ring (bicyclic) bond motifs is 1. The molecule has 0 radical (unpaired) electrons. The van der Waals surface area contributed by atoms with Crippen molar-refractivity contribution in [3.05, 3.63) is 59.2 Å². The molecule has 170 valence electrons. The maximum Gasteiger partial charge on any atom is 0.323 e. The molecule has 2 aromatic carbocycles. The van der Waals surface area contributed by atoms with Crippen molar-refractivity contribution in [2.75, 3.05) is 13.1 Å². The van der Waals surface area contributed by atoms with Crippen molar-refractivity contribution >= 4 is 38.5 Å². The minimum Gasteiger partial charge on any atom is -0.491 e. The van der Waals surface area contributed by atoms with E-state index < -0.39 is 16.0 Å². The molecule has 1 fully saturated rings. The second-order valence-corrected chi connectivity index (χ2v) is 10.6. The van der Waals surface area contributed by atoms with E-state index in [4.69, 9.17) is 16.3 Å². The third-order valence-electron chi connectivity index (χ3n) is 5.61. The average Bonchev–Trinajstić information content (AvgIpc) is 3.34. The summed E-state index contributed by atoms with van der Waals surface area (Å²) in [4.78, 5) is 11.5. The number of hydrogen-bond donors (Lipinski definition) is 1. The number of carboxylic acids is 1. The molecule has 0 bridgehead atoms. The number of halogens is 1. The average molecular weight is 477 g/mol. The lowest BCUT2D eigenvalue weighted by Gasteiger charge is -2.17. The summed E-state index contributed by atoms with van der Waals surface area (Å²) in [5, 5.41) is 10.6. The van der Waals surface area contributed by atoms with Crippen molar-refractivity contribution in [3.63, 3.8) is 0 Å². The highest BCUT2D eigenvalue weighted by molar-refractivity contribution is 7.89. The first-order valence-electron chi connectivity index (χ1n) is 10.4. The quantitative estimate of drug-likeness (QED) is 0.547. The third kappa shape index (κ3) is 4.35. The highest BCUT2D eigenvalue weighted by Gasteiger charge is 2.34. The van der Waals surface area contributed by atoms with Crippen LogP contribution in [-0.4, -0.2) is 47.6 Å². The van der Waals surface area contributed by atoms with E-state index in [1.54, 1.807) is 41.1 Å². The Morgan fingerprint density at radius 2 is 1.94 bits per heavy atom. The van der Waals surface area contributed by atoms with Crippen LogP contribution in [0, 0.1) is 0 Å². The smallest absolute Gasteiger partial charge is 0.323 e. The molecule has 0 saturated carbocycles. The lowest BCUT2D eigenvalue weighted by Crippen LogP contribution is -2.28. The van der Waals surface area contributed by atoms with Crippen LogP contribution in [0.25, 0.3) is 10.9 Å². The van der Waals surface area contributed by atoms with Gasteiger partial charge in [0.05, 0.1) is 21.5 Å². The zero-order valence-electron chi connectivity index (χ0n) is 17.9. The van der Waals surface area contributed by atoms with Gasteiger partial charge in [-0.05, 0) is 56.2 Å². The molecule has 9 heteroatoms. The highest BCUT2D eigenvalue weighted by atomic mass is 35.5. The van der Waals surface area contributed by atoms with Gasteiger partial charge in [0.1, 0.15) is 12.3 Å². The Morgan fingerprint density at radius 3 is 2.59 bits per heavy atom. The normalized spacial score (nSPS) is 17.3. The van der Waals surface area contributed by atoms with E-state index in [1.165, 1.54) is 4.31 Å². The van der Waals surface area contributed by atoms with E-state index in [0.29, 0.717) is 35.8 Å². The van der Waals surface area contributed by atoms with Gasteiger partial charge in [0, 0.05) is 30.6 Å². The number of carboxylic acid groups (broad SMARTS) is 1. The standard InChI is InChI=1S/C23H25ClN2O5S/c1-15(2)31-17-6-8-18(9-7-17)32(29,30)26-11-10-16(12-26)20-13-25(14-22(27)28)23-19(20)4-3-5-21(23)24/h3-9,13,15-16H,10-12,14H2,1-2H3,(H,27,28). The number of nitrogens with zero attached hydrogens (tertiary/aromatic N) is 2. The predicted molar refractivity (Wildman–Crippen MR) is 123 cm³/mol. The van der Waals surface area contributed by atoms with E-state index in [1.807, 2.05) is 26.0 Å². The van der Waals surface area contributed by atoms with Crippen LogP contribution in [0.4, 0.5) is 0 Å². The molecular formula is C23H25ClN2O5S. The Balaban J connectivity index is 1.60. The van der Waals surface area contributed by atoms with E-state index >= 15 is 0 Å². The summed E-state index contributed by atoms with van der Waals surface area (Å²) < 4.78 is 35.1. The van der Waals surface area contributed by atoms with Gasteiger partial charge in [-0.1, -0.05) is 23.7 Å². The Bertz CT molecular complexity index is 1250. The molecule has 1 unspecified atom stereocenters. The number of aromatic nitrogens is 1. The molecule has 1 aliphatic rings. The van der Waals surface area contributed by atoms with Gasteiger partial charge in [-0.15, -0.1) is 0 Å². The van der Waals surface area contributed by atoms with E-state index in [0.717, 1.165) is 10.9 Å². The Morgan fingerprint density at radius 1 is 1.22 bits per heavy atom. The SMILES string of the molecule is CC(C)Oc1ccc(S(=O)(=O)N2CCC(c3cn(CC(=O)O)c4c(Cl)cccc34)C2)cc1. The third-order valence-corrected chi connectivity index (χ3v) is 7.79. The van der Waals surface area contributed by atoms with Crippen molar-refractivity contribution in [1.82, 2.24) is 8.87 Å². The molecule has 4 rings (SSSR count). The number of ether oxygens (including phenoxy) is 1. The number of benzene rings is 2. The van der Waals surface area contributed by atoms with Crippen LogP contribution in [0.5, 0.6) is 5.75 Å². The van der Waals surface area contributed by atoms with Crippen LogP contribution in [0.15, 0.2) is 53.6 Å². The van der Waals surface area contributed by atoms with Gasteiger partial charge in [-0.25, -0.2) is 8.42 Å². The van der Waals surface area contributed by atoms with Gasteiger partial charge in [-0.2, -0.15) is 4.31 Å². The molecular weight excluding hydrogens is 452 g/mol. The number of rotatable bonds is 7. The van der Waals surface area contributed by atoms with Crippen molar-refractivity contribution in [2.24, 2.45) is 0 Å². The summed E-state index contributed by atoms with van der Waals surface area (Å²) in [6.07, 6.45) is 2.45. The molecule has 0 amide bonds. The van der Waals surface area contributed by atoms with Crippen molar-refractivity contribution < 1.29 is 23.1 Å². The predicted octanol–water partition coefficient (Wildman–Crippen LogP) is 4.34.